The number of aromatic nitrogens is 1. The summed E-state index contributed by atoms with van der Waals surface area (Å²) in [5.74, 6) is 0. The molecule has 2 N–H and O–H groups in total. The van der Waals surface area contributed by atoms with Gasteiger partial charge in [-0.1, -0.05) is 12.1 Å². The first-order valence-electron chi connectivity index (χ1n) is 6.61. The Morgan fingerprint density at radius 1 is 1.16 bits per heavy atom. The molecule has 3 nitrogen and oxygen atoms in total. The lowest BCUT2D eigenvalue weighted by Crippen LogP contribution is -2.44. The third-order valence-electron chi connectivity index (χ3n) is 3.19. The van der Waals surface area contributed by atoms with Crippen LogP contribution >= 0.6 is 0 Å². The van der Waals surface area contributed by atoms with Gasteiger partial charge in [-0.15, -0.1) is 0 Å². The van der Waals surface area contributed by atoms with Crippen molar-refractivity contribution >= 4 is 10.9 Å². The van der Waals surface area contributed by atoms with Crippen molar-refractivity contribution in [2.45, 2.75) is 38.8 Å². The lowest BCUT2D eigenvalue weighted by atomic mass is 9.93. The lowest BCUT2D eigenvalue weighted by Gasteiger charge is -2.30. The fourth-order valence-electron chi connectivity index (χ4n) is 1.95. The van der Waals surface area contributed by atoms with Crippen LogP contribution in [-0.2, 0) is 5.60 Å². The fraction of sp³-hybridized carbons (Fsp3) is 0.438. The number of hydrogen-bond acceptors (Lipinski definition) is 3. The highest BCUT2D eigenvalue weighted by Gasteiger charge is 2.25. The summed E-state index contributed by atoms with van der Waals surface area (Å²) in [5, 5.41) is 15.0. The number of nitrogens with zero attached hydrogens (tertiary/aromatic N) is 1. The zero-order valence-electron chi connectivity index (χ0n) is 12.1. The normalized spacial score (nSPS) is 15.4. The molecule has 3 heteroatoms. The Kier molecular flexibility index (Phi) is 3.61. The van der Waals surface area contributed by atoms with Crippen LogP contribution in [0.25, 0.3) is 10.9 Å². The Bertz CT molecular complexity index is 570. The van der Waals surface area contributed by atoms with Gasteiger partial charge in [0.25, 0.3) is 0 Å². The number of benzene rings is 1. The zero-order chi connectivity index (χ0) is 14.1. The Morgan fingerprint density at radius 2 is 1.89 bits per heavy atom. The Labute approximate surface area is 114 Å². The van der Waals surface area contributed by atoms with Crippen molar-refractivity contribution in [3.63, 3.8) is 0 Å². The molecule has 1 heterocycles. The van der Waals surface area contributed by atoms with Crippen molar-refractivity contribution in [2.24, 2.45) is 0 Å². The highest BCUT2D eigenvalue weighted by atomic mass is 16.3. The molecule has 1 aromatic heterocycles. The third-order valence-corrected chi connectivity index (χ3v) is 3.19. The predicted octanol–water partition coefficient (Wildman–Crippen LogP) is 2.83. The molecule has 0 bridgehead atoms. The van der Waals surface area contributed by atoms with Gasteiger partial charge in [0.15, 0.2) is 0 Å². The predicted molar refractivity (Wildman–Crippen MR) is 79.1 cm³/mol. The van der Waals surface area contributed by atoms with Crippen LogP contribution in [-0.4, -0.2) is 22.2 Å². The smallest absolute Gasteiger partial charge is 0.0992 e. The number of rotatable bonds is 3. The summed E-state index contributed by atoms with van der Waals surface area (Å²) < 4.78 is 0. The van der Waals surface area contributed by atoms with Crippen LogP contribution in [0.3, 0.4) is 0 Å². The molecule has 0 aliphatic heterocycles. The molecule has 0 saturated heterocycles. The van der Waals surface area contributed by atoms with Crippen LogP contribution < -0.4 is 5.32 Å². The van der Waals surface area contributed by atoms with Crippen LogP contribution in [0, 0.1) is 0 Å². The van der Waals surface area contributed by atoms with Gasteiger partial charge in [-0.2, -0.15) is 0 Å². The van der Waals surface area contributed by atoms with Crippen molar-refractivity contribution in [1.29, 1.82) is 0 Å². The summed E-state index contributed by atoms with van der Waals surface area (Å²) in [7, 11) is 0. The molecule has 0 saturated carbocycles. The quantitative estimate of drug-likeness (QED) is 0.890. The maximum Gasteiger partial charge on any atom is 0.0992 e. The molecular formula is C16H22N2O. The summed E-state index contributed by atoms with van der Waals surface area (Å²) in [6, 6.07) is 9.83. The lowest BCUT2D eigenvalue weighted by molar-refractivity contribution is 0.0503. The van der Waals surface area contributed by atoms with Crippen LogP contribution in [0.2, 0.25) is 0 Å². The molecule has 2 rings (SSSR count). The second-order valence-electron chi connectivity index (χ2n) is 6.29. The summed E-state index contributed by atoms with van der Waals surface area (Å²) in [4.78, 5) is 4.29. The van der Waals surface area contributed by atoms with Gasteiger partial charge >= 0.3 is 0 Å². The average Bonchev–Trinajstić information content (AvgIpc) is 2.35. The summed E-state index contributed by atoms with van der Waals surface area (Å²) in [6.45, 7) is 8.62. The summed E-state index contributed by atoms with van der Waals surface area (Å²) >= 11 is 0. The highest BCUT2D eigenvalue weighted by molar-refractivity contribution is 5.79. The second-order valence-corrected chi connectivity index (χ2v) is 6.29. The van der Waals surface area contributed by atoms with Gasteiger partial charge in [0.2, 0.25) is 0 Å². The van der Waals surface area contributed by atoms with E-state index in [4.69, 9.17) is 0 Å². The standard InChI is InChI=1S/C16H22N2O/c1-15(2,3)18-11-16(4,19)13-7-8-14-12(10-13)6-5-9-17-14/h5-10,18-19H,11H2,1-4H3. The molecule has 0 spiro atoms. The second kappa shape index (κ2) is 4.91. The topological polar surface area (TPSA) is 45.1 Å². The van der Waals surface area contributed by atoms with E-state index in [1.54, 1.807) is 6.20 Å². The van der Waals surface area contributed by atoms with Crippen molar-refractivity contribution in [3.05, 3.63) is 42.1 Å². The molecule has 1 aromatic carbocycles. The van der Waals surface area contributed by atoms with E-state index in [0.717, 1.165) is 16.5 Å². The van der Waals surface area contributed by atoms with Gasteiger partial charge in [-0.05, 0) is 51.5 Å². The molecule has 102 valence electrons. The fourth-order valence-corrected chi connectivity index (χ4v) is 1.95. The third kappa shape index (κ3) is 3.52. The largest absolute Gasteiger partial charge is 0.384 e. The van der Waals surface area contributed by atoms with Crippen molar-refractivity contribution in [2.75, 3.05) is 6.54 Å². The van der Waals surface area contributed by atoms with Gasteiger partial charge < -0.3 is 10.4 Å². The zero-order valence-corrected chi connectivity index (χ0v) is 12.1. The molecule has 0 fully saturated rings. The van der Waals surface area contributed by atoms with Crippen molar-refractivity contribution in [3.8, 4) is 0 Å². The van der Waals surface area contributed by atoms with E-state index < -0.39 is 5.60 Å². The Balaban J connectivity index is 2.27. The summed E-state index contributed by atoms with van der Waals surface area (Å²) in [5.41, 5.74) is 0.954. The number of fused-ring (bicyclic) bond motifs is 1. The molecule has 0 radical (unpaired) electrons. The molecule has 0 aliphatic rings. The molecule has 2 aromatic rings. The minimum Gasteiger partial charge on any atom is -0.384 e. The van der Waals surface area contributed by atoms with Gasteiger partial charge in [-0.25, -0.2) is 0 Å². The van der Waals surface area contributed by atoms with E-state index in [1.165, 1.54) is 0 Å². The average molecular weight is 258 g/mol. The van der Waals surface area contributed by atoms with Crippen LogP contribution in [0.4, 0.5) is 0 Å². The minimum atomic E-state index is -0.892. The van der Waals surface area contributed by atoms with Crippen molar-refractivity contribution < 1.29 is 5.11 Å². The maximum absolute atomic E-state index is 10.6. The van der Waals surface area contributed by atoms with Gasteiger partial charge in [0, 0.05) is 23.7 Å². The molecule has 19 heavy (non-hydrogen) atoms. The number of nitrogens with one attached hydrogen (secondary N) is 1. The molecule has 1 unspecified atom stereocenters. The van der Waals surface area contributed by atoms with E-state index in [-0.39, 0.29) is 5.54 Å². The highest BCUT2D eigenvalue weighted by Crippen LogP contribution is 2.24. The van der Waals surface area contributed by atoms with E-state index in [0.29, 0.717) is 6.54 Å². The minimum absolute atomic E-state index is 0.0115. The van der Waals surface area contributed by atoms with E-state index in [9.17, 15) is 5.11 Å². The Hall–Kier alpha value is -1.45. The van der Waals surface area contributed by atoms with Crippen LogP contribution in [0.15, 0.2) is 36.5 Å². The number of pyridine rings is 1. The van der Waals surface area contributed by atoms with Crippen LogP contribution in [0.5, 0.6) is 0 Å². The van der Waals surface area contributed by atoms with Crippen molar-refractivity contribution in [1.82, 2.24) is 10.3 Å². The van der Waals surface area contributed by atoms with Gasteiger partial charge in [0.05, 0.1) is 11.1 Å². The number of β-amino-alcohol motifs (C(OH)–C–C–N with tert-alkyl or cyclic N) is 1. The van der Waals surface area contributed by atoms with E-state index in [2.05, 4.69) is 31.1 Å². The van der Waals surface area contributed by atoms with E-state index >= 15 is 0 Å². The molecule has 0 amide bonds. The van der Waals surface area contributed by atoms with Gasteiger partial charge in [0.1, 0.15) is 0 Å². The molecule has 1 atom stereocenters. The first-order valence-corrected chi connectivity index (χ1v) is 6.61. The Morgan fingerprint density at radius 3 is 2.58 bits per heavy atom. The monoisotopic (exact) mass is 258 g/mol. The van der Waals surface area contributed by atoms with Crippen LogP contribution in [0.1, 0.15) is 33.3 Å². The first kappa shape index (κ1) is 14.0. The number of hydrogen-bond donors (Lipinski definition) is 2. The first-order chi connectivity index (χ1) is 8.78. The van der Waals surface area contributed by atoms with E-state index in [1.807, 2.05) is 37.3 Å². The van der Waals surface area contributed by atoms with Gasteiger partial charge in [-0.3, -0.25) is 4.98 Å². The maximum atomic E-state index is 10.6. The molecule has 0 aliphatic carbocycles. The summed E-state index contributed by atoms with van der Waals surface area (Å²) in [6.07, 6.45) is 1.78. The molecular weight excluding hydrogens is 236 g/mol. The SMILES string of the molecule is CC(C)(C)NCC(C)(O)c1ccc2ncccc2c1. The number of aliphatic hydroxyl groups is 1.